The van der Waals surface area contributed by atoms with Gasteiger partial charge in [-0.1, -0.05) is 12.1 Å². The third kappa shape index (κ3) is 4.97. The zero-order valence-electron chi connectivity index (χ0n) is 11.1. The summed E-state index contributed by atoms with van der Waals surface area (Å²) in [4.78, 5) is 2.35. The van der Waals surface area contributed by atoms with E-state index in [2.05, 4.69) is 4.90 Å². The molecule has 0 aliphatic carbocycles. The molecule has 1 unspecified atom stereocenters. The maximum atomic E-state index is 13.3. The Kier molecular flexibility index (Phi) is 7.13. The summed E-state index contributed by atoms with van der Waals surface area (Å²) in [6.45, 7) is 4.25. The van der Waals surface area contributed by atoms with Crippen molar-refractivity contribution >= 4 is 12.4 Å². The van der Waals surface area contributed by atoms with Crippen LogP contribution in [0.5, 0.6) is 5.75 Å². The fraction of sp³-hybridized carbons (Fsp3) is 0.571. The summed E-state index contributed by atoms with van der Waals surface area (Å²) in [6, 6.07) is 6.53. The number of nitrogens with two attached hydrogens (primary N) is 1. The summed E-state index contributed by atoms with van der Waals surface area (Å²) in [5, 5.41) is 0. The van der Waals surface area contributed by atoms with Crippen LogP contribution in [0.1, 0.15) is 12.8 Å². The molecule has 5 heteroatoms. The van der Waals surface area contributed by atoms with E-state index in [0.29, 0.717) is 18.3 Å². The third-order valence-electron chi connectivity index (χ3n) is 3.44. The van der Waals surface area contributed by atoms with Gasteiger partial charge in [-0.2, -0.15) is 0 Å². The highest BCUT2D eigenvalue weighted by atomic mass is 35.5. The molecular formula is C14H22ClFN2O. The minimum Gasteiger partial charge on any atom is -0.489 e. The van der Waals surface area contributed by atoms with E-state index < -0.39 is 0 Å². The Morgan fingerprint density at radius 3 is 2.89 bits per heavy atom. The molecule has 0 bridgehead atoms. The van der Waals surface area contributed by atoms with Crippen LogP contribution in [0.15, 0.2) is 24.3 Å². The van der Waals surface area contributed by atoms with E-state index in [9.17, 15) is 4.39 Å². The maximum absolute atomic E-state index is 13.3. The van der Waals surface area contributed by atoms with Gasteiger partial charge in [0, 0.05) is 13.1 Å². The highest BCUT2D eigenvalue weighted by Crippen LogP contribution is 2.17. The highest BCUT2D eigenvalue weighted by molar-refractivity contribution is 5.85. The molecule has 19 heavy (non-hydrogen) atoms. The van der Waals surface area contributed by atoms with Crippen molar-refractivity contribution in [2.24, 2.45) is 11.7 Å². The van der Waals surface area contributed by atoms with Gasteiger partial charge in [-0.25, -0.2) is 4.39 Å². The Morgan fingerprint density at radius 1 is 1.37 bits per heavy atom. The monoisotopic (exact) mass is 288 g/mol. The first-order valence-electron chi connectivity index (χ1n) is 6.59. The van der Waals surface area contributed by atoms with E-state index in [4.69, 9.17) is 10.5 Å². The molecule has 0 amide bonds. The van der Waals surface area contributed by atoms with Crippen molar-refractivity contribution in [1.29, 1.82) is 0 Å². The predicted octanol–water partition coefficient (Wildman–Crippen LogP) is 2.30. The molecule has 1 atom stereocenters. The molecule has 0 saturated carbocycles. The molecule has 1 heterocycles. The molecule has 1 aromatic carbocycles. The minimum absolute atomic E-state index is 0. The van der Waals surface area contributed by atoms with E-state index in [-0.39, 0.29) is 18.2 Å². The zero-order valence-corrected chi connectivity index (χ0v) is 11.9. The lowest BCUT2D eigenvalue weighted by molar-refractivity contribution is 0.148. The molecule has 2 N–H and O–H groups in total. The van der Waals surface area contributed by atoms with Crippen LogP contribution in [0, 0.1) is 11.7 Å². The zero-order chi connectivity index (χ0) is 12.8. The van der Waals surface area contributed by atoms with Crippen molar-refractivity contribution in [2.75, 3.05) is 32.8 Å². The van der Waals surface area contributed by atoms with Gasteiger partial charge in [0.25, 0.3) is 0 Å². The fourth-order valence-corrected chi connectivity index (χ4v) is 2.39. The number of rotatable bonds is 5. The second-order valence-corrected chi connectivity index (χ2v) is 4.82. The van der Waals surface area contributed by atoms with Crippen molar-refractivity contribution in [3.63, 3.8) is 0 Å². The molecule has 0 radical (unpaired) electrons. The number of hydrogen-bond donors (Lipinski definition) is 1. The van der Waals surface area contributed by atoms with Gasteiger partial charge in [0.2, 0.25) is 0 Å². The second-order valence-electron chi connectivity index (χ2n) is 4.82. The SMILES string of the molecule is Cl.NCC1CCCN(CCOc2ccccc2F)C1. The predicted molar refractivity (Wildman–Crippen MR) is 77.4 cm³/mol. The van der Waals surface area contributed by atoms with Gasteiger partial charge in [0.1, 0.15) is 6.61 Å². The number of halogens is 2. The Balaban J connectivity index is 0.00000180. The Bertz CT molecular complexity index is 378. The van der Waals surface area contributed by atoms with E-state index >= 15 is 0 Å². The minimum atomic E-state index is -0.295. The molecular weight excluding hydrogens is 267 g/mol. The van der Waals surface area contributed by atoms with Crippen LogP contribution in [0.4, 0.5) is 4.39 Å². The van der Waals surface area contributed by atoms with Gasteiger partial charge in [-0.3, -0.25) is 4.90 Å². The Labute approximate surface area is 120 Å². The van der Waals surface area contributed by atoms with Gasteiger partial charge >= 0.3 is 0 Å². The van der Waals surface area contributed by atoms with Crippen molar-refractivity contribution in [3.05, 3.63) is 30.1 Å². The summed E-state index contributed by atoms with van der Waals surface area (Å²) >= 11 is 0. The van der Waals surface area contributed by atoms with Gasteiger partial charge in [0.15, 0.2) is 11.6 Å². The number of hydrogen-bond acceptors (Lipinski definition) is 3. The standard InChI is InChI=1S/C14H21FN2O.ClH/c15-13-5-1-2-6-14(13)18-9-8-17-7-3-4-12(10-16)11-17;/h1-2,5-6,12H,3-4,7-11,16H2;1H. The van der Waals surface area contributed by atoms with Gasteiger partial charge in [0.05, 0.1) is 0 Å². The smallest absolute Gasteiger partial charge is 0.165 e. The first-order valence-corrected chi connectivity index (χ1v) is 6.59. The topological polar surface area (TPSA) is 38.5 Å². The summed E-state index contributed by atoms with van der Waals surface area (Å²) in [7, 11) is 0. The number of nitrogens with zero attached hydrogens (tertiary/aromatic N) is 1. The lowest BCUT2D eigenvalue weighted by Gasteiger charge is -2.31. The molecule has 3 nitrogen and oxygen atoms in total. The van der Waals surface area contributed by atoms with Crippen molar-refractivity contribution in [3.8, 4) is 5.75 Å². The quantitative estimate of drug-likeness (QED) is 0.903. The van der Waals surface area contributed by atoms with Crippen LogP contribution >= 0.6 is 12.4 Å². The van der Waals surface area contributed by atoms with E-state index in [0.717, 1.165) is 26.2 Å². The van der Waals surface area contributed by atoms with Crippen LogP contribution in [0.3, 0.4) is 0 Å². The average molecular weight is 289 g/mol. The average Bonchev–Trinajstić information content (AvgIpc) is 2.41. The number of likely N-dealkylation sites (tertiary alicyclic amines) is 1. The Morgan fingerprint density at radius 2 is 2.16 bits per heavy atom. The first kappa shape index (κ1) is 16.2. The molecule has 1 saturated heterocycles. The molecule has 0 spiro atoms. The molecule has 108 valence electrons. The maximum Gasteiger partial charge on any atom is 0.165 e. The van der Waals surface area contributed by atoms with Crippen LogP contribution in [-0.2, 0) is 0 Å². The number of piperidine rings is 1. The fourth-order valence-electron chi connectivity index (χ4n) is 2.39. The van der Waals surface area contributed by atoms with Crippen LogP contribution in [0.2, 0.25) is 0 Å². The first-order chi connectivity index (χ1) is 8.79. The van der Waals surface area contributed by atoms with Gasteiger partial charge < -0.3 is 10.5 Å². The van der Waals surface area contributed by atoms with Crippen molar-refractivity contribution < 1.29 is 9.13 Å². The lowest BCUT2D eigenvalue weighted by Crippen LogP contribution is -2.40. The van der Waals surface area contributed by atoms with Crippen molar-refractivity contribution in [1.82, 2.24) is 4.90 Å². The summed E-state index contributed by atoms with van der Waals surface area (Å²) < 4.78 is 18.8. The largest absolute Gasteiger partial charge is 0.489 e. The van der Waals surface area contributed by atoms with E-state index in [1.807, 2.05) is 0 Å². The molecule has 1 fully saturated rings. The lowest BCUT2D eigenvalue weighted by atomic mass is 9.98. The molecule has 1 aliphatic heterocycles. The number of benzene rings is 1. The summed E-state index contributed by atoms with van der Waals surface area (Å²) in [6.07, 6.45) is 2.42. The Hall–Kier alpha value is -0.840. The van der Waals surface area contributed by atoms with Crippen LogP contribution in [0.25, 0.3) is 0 Å². The number of ether oxygens (including phenoxy) is 1. The summed E-state index contributed by atoms with van der Waals surface area (Å²) in [5.74, 6) is 0.646. The van der Waals surface area contributed by atoms with E-state index in [1.165, 1.54) is 18.9 Å². The second kappa shape index (κ2) is 8.35. The van der Waals surface area contributed by atoms with Crippen molar-refractivity contribution in [2.45, 2.75) is 12.8 Å². The highest BCUT2D eigenvalue weighted by Gasteiger charge is 2.18. The molecule has 2 rings (SSSR count). The third-order valence-corrected chi connectivity index (χ3v) is 3.44. The van der Waals surface area contributed by atoms with Gasteiger partial charge in [-0.05, 0) is 44.0 Å². The van der Waals surface area contributed by atoms with Crippen LogP contribution in [-0.4, -0.2) is 37.7 Å². The normalized spacial score (nSPS) is 19.8. The van der Waals surface area contributed by atoms with E-state index in [1.54, 1.807) is 18.2 Å². The molecule has 1 aliphatic rings. The van der Waals surface area contributed by atoms with Gasteiger partial charge in [-0.15, -0.1) is 12.4 Å². The molecule has 1 aromatic rings. The van der Waals surface area contributed by atoms with Crippen LogP contribution < -0.4 is 10.5 Å². The number of para-hydroxylation sites is 1. The summed E-state index contributed by atoms with van der Waals surface area (Å²) in [5.41, 5.74) is 5.70. The molecule has 0 aromatic heterocycles.